The predicted octanol–water partition coefficient (Wildman–Crippen LogP) is 4.81. The molecular weight excluding hydrogens is 308 g/mol. The summed E-state index contributed by atoms with van der Waals surface area (Å²) in [7, 11) is 0. The summed E-state index contributed by atoms with van der Waals surface area (Å²) in [5.41, 5.74) is 2.08. The molecule has 2 aromatic rings. The van der Waals surface area contributed by atoms with Gasteiger partial charge in [0.05, 0.1) is 0 Å². The van der Waals surface area contributed by atoms with Crippen LogP contribution >= 0.6 is 27.3 Å². The topological polar surface area (TPSA) is 17.1 Å². The van der Waals surface area contributed by atoms with E-state index in [1.54, 1.807) is 11.3 Å². The minimum absolute atomic E-state index is 0.0705. The van der Waals surface area contributed by atoms with E-state index in [4.69, 9.17) is 0 Å². The standard InChI is InChI=1S/C15H13BrOS/c16-11-6-4-10(5-7-11)15(17)13-2-1-3-14-12(13)8-9-18-14/h4-9,13H,1-3H2. The average molecular weight is 321 g/mol. The molecule has 1 aliphatic carbocycles. The number of Topliss-reactive ketones (excluding diaryl/α,β-unsaturated/α-hetero) is 1. The van der Waals surface area contributed by atoms with Gasteiger partial charge in [0.15, 0.2) is 5.78 Å². The van der Waals surface area contributed by atoms with Gasteiger partial charge in [0.2, 0.25) is 0 Å². The zero-order chi connectivity index (χ0) is 12.5. The molecule has 0 bridgehead atoms. The Balaban J connectivity index is 1.93. The zero-order valence-electron chi connectivity index (χ0n) is 9.86. The van der Waals surface area contributed by atoms with Crippen molar-refractivity contribution < 1.29 is 4.79 Å². The molecule has 0 saturated heterocycles. The van der Waals surface area contributed by atoms with Gasteiger partial charge in [0.25, 0.3) is 0 Å². The molecule has 1 unspecified atom stereocenters. The molecule has 1 atom stereocenters. The first-order chi connectivity index (χ1) is 8.75. The Morgan fingerprint density at radius 2 is 2.00 bits per heavy atom. The zero-order valence-corrected chi connectivity index (χ0v) is 12.3. The van der Waals surface area contributed by atoms with E-state index in [-0.39, 0.29) is 11.7 Å². The molecule has 1 aliphatic rings. The number of halogens is 1. The summed E-state index contributed by atoms with van der Waals surface area (Å²) in [6.45, 7) is 0. The highest BCUT2D eigenvalue weighted by molar-refractivity contribution is 9.10. The highest BCUT2D eigenvalue weighted by Gasteiger charge is 2.27. The van der Waals surface area contributed by atoms with Crippen molar-refractivity contribution in [3.05, 3.63) is 56.2 Å². The molecule has 1 aromatic carbocycles. The molecule has 0 amide bonds. The Hall–Kier alpha value is -0.930. The Labute approximate surface area is 119 Å². The molecule has 0 fully saturated rings. The number of thiophene rings is 1. The minimum Gasteiger partial charge on any atom is -0.293 e. The lowest BCUT2D eigenvalue weighted by molar-refractivity contribution is 0.0951. The summed E-state index contributed by atoms with van der Waals surface area (Å²) in [6, 6.07) is 9.82. The maximum atomic E-state index is 12.6. The van der Waals surface area contributed by atoms with Crippen LogP contribution in [0.5, 0.6) is 0 Å². The molecule has 0 aliphatic heterocycles. The van der Waals surface area contributed by atoms with Crippen LogP contribution in [0.2, 0.25) is 0 Å². The number of benzene rings is 1. The van der Waals surface area contributed by atoms with Crippen LogP contribution in [0.4, 0.5) is 0 Å². The summed E-state index contributed by atoms with van der Waals surface area (Å²) >= 11 is 5.18. The van der Waals surface area contributed by atoms with Gasteiger partial charge in [-0.1, -0.05) is 28.1 Å². The second-order valence-corrected chi connectivity index (χ2v) is 6.53. The lowest BCUT2D eigenvalue weighted by Gasteiger charge is -2.21. The van der Waals surface area contributed by atoms with Crippen molar-refractivity contribution in [3.63, 3.8) is 0 Å². The fraction of sp³-hybridized carbons (Fsp3) is 0.267. The van der Waals surface area contributed by atoms with Gasteiger partial charge in [-0.2, -0.15) is 0 Å². The third-order valence-electron chi connectivity index (χ3n) is 3.50. The van der Waals surface area contributed by atoms with Gasteiger partial charge in [0.1, 0.15) is 0 Å². The summed E-state index contributed by atoms with van der Waals surface area (Å²) in [4.78, 5) is 14.0. The number of hydrogen-bond acceptors (Lipinski definition) is 2. The molecule has 92 valence electrons. The molecular formula is C15H13BrOS. The second kappa shape index (κ2) is 4.98. The Bertz CT molecular complexity index is 570. The van der Waals surface area contributed by atoms with Crippen LogP contribution in [-0.2, 0) is 6.42 Å². The highest BCUT2D eigenvalue weighted by atomic mass is 79.9. The fourth-order valence-electron chi connectivity index (χ4n) is 2.57. The Kier molecular flexibility index (Phi) is 3.35. The number of hydrogen-bond donors (Lipinski definition) is 0. The van der Waals surface area contributed by atoms with Crippen LogP contribution in [0.3, 0.4) is 0 Å². The van der Waals surface area contributed by atoms with Crippen molar-refractivity contribution >= 4 is 33.0 Å². The smallest absolute Gasteiger partial charge is 0.170 e. The van der Waals surface area contributed by atoms with Crippen molar-refractivity contribution in [2.45, 2.75) is 25.2 Å². The summed E-state index contributed by atoms with van der Waals surface area (Å²) in [5.74, 6) is 0.336. The van der Waals surface area contributed by atoms with Crippen molar-refractivity contribution in [2.24, 2.45) is 0 Å². The predicted molar refractivity (Wildman–Crippen MR) is 78.5 cm³/mol. The van der Waals surface area contributed by atoms with E-state index >= 15 is 0 Å². The highest BCUT2D eigenvalue weighted by Crippen LogP contribution is 2.36. The van der Waals surface area contributed by atoms with Gasteiger partial charge in [-0.05, 0) is 48.4 Å². The number of aryl methyl sites for hydroxylation is 1. The minimum atomic E-state index is 0.0705. The van der Waals surface area contributed by atoms with Crippen molar-refractivity contribution in [1.82, 2.24) is 0 Å². The van der Waals surface area contributed by atoms with Crippen LogP contribution in [0.1, 0.15) is 39.6 Å². The largest absolute Gasteiger partial charge is 0.293 e. The van der Waals surface area contributed by atoms with Crippen LogP contribution < -0.4 is 0 Å². The van der Waals surface area contributed by atoms with Crippen LogP contribution in [0.25, 0.3) is 0 Å². The first kappa shape index (κ1) is 12.1. The number of carbonyl (C=O) groups is 1. The molecule has 0 saturated carbocycles. The van der Waals surface area contributed by atoms with Crippen LogP contribution in [-0.4, -0.2) is 5.78 Å². The van der Waals surface area contributed by atoms with E-state index in [1.165, 1.54) is 10.4 Å². The molecule has 1 heterocycles. The van der Waals surface area contributed by atoms with Gasteiger partial charge in [-0.15, -0.1) is 11.3 Å². The second-order valence-electron chi connectivity index (χ2n) is 4.62. The normalized spacial score (nSPS) is 18.4. The molecule has 0 spiro atoms. The van der Waals surface area contributed by atoms with E-state index in [2.05, 4.69) is 27.4 Å². The molecule has 3 rings (SSSR count). The number of carbonyl (C=O) groups excluding carboxylic acids is 1. The van der Waals surface area contributed by atoms with Gasteiger partial charge in [-0.25, -0.2) is 0 Å². The maximum absolute atomic E-state index is 12.6. The van der Waals surface area contributed by atoms with Crippen molar-refractivity contribution in [3.8, 4) is 0 Å². The van der Waals surface area contributed by atoms with Crippen LogP contribution in [0.15, 0.2) is 40.2 Å². The third kappa shape index (κ3) is 2.17. The first-order valence-corrected chi connectivity index (χ1v) is 7.79. The molecule has 1 aromatic heterocycles. The van der Waals surface area contributed by atoms with E-state index in [9.17, 15) is 4.79 Å². The molecule has 18 heavy (non-hydrogen) atoms. The molecule has 0 N–H and O–H groups in total. The number of fused-ring (bicyclic) bond motifs is 1. The molecule has 0 radical (unpaired) electrons. The summed E-state index contributed by atoms with van der Waals surface area (Å²) in [5, 5.41) is 2.11. The quantitative estimate of drug-likeness (QED) is 0.725. The molecule has 3 heteroatoms. The first-order valence-electron chi connectivity index (χ1n) is 6.12. The van der Waals surface area contributed by atoms with Gasteiger partial charge in [0, 0.05) is 20.8 Å². The number of rotatable bonds is 2. The van der Waals surface area contributed by atoms with E-state index in [1.807, 2.05) is 24.3 Å². The number of ketones is 1. The SMILES string of the molecule is O=C(c1ccc(Br)cc1)C1CCCc2sccc21. The van der Waals surface area contributed by atoms with Crippen LogP contribution in [0, 0.1) is 0 Å². The Morgan fingerprint density at radius 1 is 1.22 bits per heavy atom. The molecule has 1 nitrogen and oxygen atoms in total. The summed E-state index contributed by atoms with van der Waals surface area (Å²) in [6.07, 6.45) is 3.25. The fourth-order valence-corrected chi connectivity index (χ4v) is 3.83. The summed E-state index contributed by atoms with van der Waals surface area (Å²) < 4.78 is 1.01. The van der Waals surface area contributed by atoms with E-state index < -0.39 is 0 Å². The van der Waals surface area contributed by atoms with E-state index in [0.717, 1.165) is 29.3 Å². The van der Waals surface area contributed by atoms with Crippen molar-refractivity contribution in [1.29, 1.82) is 0 Å². The lowest BCUT2D eigenvalue weighted by atomic mass is 9.82. The van der Waals surface area contributed by atoms with Crippen molar-refractivity contribution in [2.75, 3.05) is 0 Å². The van der Waals surface area contributed by atoms with E-state index in [0.29, 0.717) is 0 Å². The maximum Gasteiger partial charge on any atom is 0.170 e. The van der Waals surface area contributed by atoms with Gasteiger partial charge in [-0.3, -0.25) is 4.79 Å². The lowest BCUT2D eigenvalue weighted by Crippen LogP contribution is -2.17. The monoisotopic (exact) mass is 320 g/mol. The third-order valence-corrected chi connectivity index (χ3v) is 5.02. The average Bonchev–Trinajstić information content (AvgIpc) is 2.87. The Morgan fingerprint density at radius 3 is 2.78 bits per heavy atom. The van der Waals surface area contributed by atoms with Gasteiger partial charge >= 0.3 is 0 Å². The van der Waals surface area contributed by atoms with Gasteiger partial charge < -0.3 is 0 Å².